The van der Waals surface area contributed by atoms with Crippen molar-refractivity contribution in [2.45, 2.75) is 12.8 Å². The first-order chi connectivity index (χ1) is 5.83. The van der Waals surface area contributed by atoms with Crippen molar-refractivity contribution in [3.05, 3.63) is 0 Å². The molecule has 0 bridgehead atoms. The molecule has 0 aromatic carbocycles. The van der Waals surface area contributed by atoms with E-state index < -0.39 is 0 Å². The Labute approximate surface area is 74.3 Å². The monoisotopic (exact) mass is 173 g/mol. The van der Waals surface area contributed by atoms with E-state index in [0.29, 0.717) is 0 Å². The molecule has 72 valence electrons. The van der Waals surface area contributed by atoms with Crippen LogP contribution in [-0.2, 0) is 4.74 Å². The topological polar surface area (TPSA) is 32.7 Å². The van der Waals surface area contributed by atoms with Gasteiger partial charge in [-0.25, -0.2) is 0 Å². The number of rotatable bonds is 4. The fourth-order valence-corrected chi connectivity index (χ4v) is 1.63. The summed E-state index contributed by atoms with van der Waals surface area (Å²) in [7, 11) is 2.06. The van der Waals surface area contributed by atoms with Crippen LogP contribution in [0.15, 0.2) is 0 Å². The predicted octanol–water partition coefficient (Wildman–Crippen LogP) is 0.337. The van der Waals surface area contributed by atoms with E-state index in [9.17, 15) is 0 Å². The molecule has 1 aliphatic rings. The number of aliphatic hydroxyl groups is 1. The molecule has 1 saturated heterocycles. The SMILES string of the molecule is CN(CCO)CC1CCOCC1. The summed E-state index contributed by atoms with van der Waals surface area (Å²) in [6.07, 6.45) is 2.35. The zero-order valence-corrected chi connectivity index (χ0v) is 7.83. The van der Waals surface area contributed by atoms with Gasteiger partial charge >= 0.3 is 0 Å². The second-order valence-electron chi connectivity index (χ2n) is 3.54. The fraction of sp³-hybridized carbons (Fsp3) is 1.00. The Morgan fingerprint density at radius 2 is 2.08 bits per heavy atom. The van der Waals surface area contributed by atoms with Crippen LogP contribution >= 0.6 is 0 Å². The fourth-order valence-electron chi connectivity index (χ4n) is 1.63. The van der Waals surface area contributed by atoms with Gasteiger partial charge in [0.25, 0.3) is 0 Å². The predicted molar refractivity (Wildman–Crippen MR) is 48.1 cm³/mol. The van der Waals surface area contributed by atoms with Crippen LogP contribution < -0.4 is 0 Å². The third kappa shape index (κ3) is 3.52. The van der Waals surface area contributed by atoms with Gasteiger partial charge in [0, 0.05) is 26.3 Å². The molecule has 0 amide bonds. The van der Waals surface area contributed by atoms with Crippen LogP contribution in [0, 0.1) is 5.92 Å². The summed E-state index contributed by atoms with van der Waals surface area (Å²) in [4.78, 5) is 2.19. The molecule has 0 saturated carbocycles. The van der Waals surface area contributed by atoms with E-state index in [1.54, 1.807) is 0 Å². The molecule has 3 heteroatoms. The molecule has 1 fully saturated rings. The van der Waals surface area contributed by atoms with Crippen molar-refractivity contribution in [3.63, 3.8) is 0 Å². The molecule has 0 radical (unpaired) electrons. The van der Waals surface area contributed by atoms with Crippen molar-refractivity contribution < 1.29 is 9.84 Å². The number of ether oxygens (including phenoxy) is 1. The molecule has 0 unspecified atom stereocenters. The van der Waals surface area contributed by atoms with E-state index in [2.05, 4.69) is 11.9 Å². The van der Waals surface area contributed by atoms with Gasteiger partial charge in [0.15, 0.2) is 0 Å². The molecule has 1 aliphatic heterocycles. The third-order valence-electron chi connectivity index (χ3n) is 2.39. The van der Waals surface area contributed by atoms with Gasteiger partial charge < -0.3 is 14.7 Å². The normalized spacial score (nSPS) is 20.2. The van der Waals surface area contributed by atoms with Crippen LogP contribution in [0.3, 0.4) is 0 Å². The van der Waals surface area contributed by atoms with Crippen LogP contribution in [0.25, 0.3) is 0 Å². The molecule has 0 spiro atoms. The van der Waals surface area contributed by atoms with Crippen molar-refractivity contribution in [1.29, 1.82) is 0 Å². The minimum absolute atomic E-state index is 0.264. The smallest absolute Gasteiger partial charge is 0.0558 e. The Balaban J connectivity index is 2.11. The van der Waals surface area contributed by atoms with Gasteiger partial charge in [-0.3, -0.25) is 0 Å². The summed E-state index contributed by atoms with van der Waals surface area (Å²) < 4.78 is 5.27. The van der Waals surface area contributed by atoms with E-state index in [1.807, 2.05) is 0 Å². The molecule has 1 heterocycles. The van der Waals surface area contributed by atoms with E-state index >= 15 is 0 Å². The molecular weight excluding hydrogens is 154 g/mol. The average Bonchev–Trinajstić information content (AvgIpc) is 2.06. The first-order valence-electron chi connectivity index (χ1n) is 4.70. The van der Waals surface area contributed by atoms with Crippen molar-refractivity contribution in [1.82, 2.24) is 4.90 Å². The zero-order chi connectivity index (χ0) is 8.81. The lowest BCUT2D eigenvalue weighted by molar-refractivity contribution is 0.0539. The van der Waals surface area contributed by atoms with Gasteiger partial charge in [-0.2, -0.15) is 0 Å². The molecule has 1 rings (SSSR count). The Morgan fingerprint density at radius 3 is 2.67 bits per heavy atom. The molecule has 1 N–H and O–H groups in total. The zero-order valence-electron chi connectivity index (χ0n) is 7.83. The summed E-state index contributed by atoms with van der Waals surface area (Å²) in [6, 6.07) is 0. The van der Waals surface area contributed by atoms with Gasteiger partial charge in [-0.05, 0) is 25.8 Å². The molecule has 0 aromatic rings. The van der Waals surface area contributed by atoms with Crippen LogP contribution in [-0.4, -0.2) is 50.0 Å². The first kappa shape index (κ1) is 9.96. The highest BCUT2D eigenvalue weighted by atomic mass is 16.5. The minimum atomic E-state index is 0.264. The van der Waals surface area contributed by atoms with Gasteiger partial charge in [0.05, 0.1) is 6.61 Å². The van der Waals surface area contributed by atoms with Crippen LogP contribution in [0.1, 0.15) is 12.8 Å². The van der Waals surface area contributed by atoms with E-state index in [-0.39, 0.29) is 6.61 Å². The van der Waals surface area contributed by atoms with Gasteiger partial charge in [-0.15, -0.1) is 0 Å². The molecule has 12 heavy (non-hydrogen) atoms. The maximum Gasteiger partial charge on any atom is 0.0558 e. The lowest BCUT2D eigenvalue weighted by Crippen LogP contribution is -2.31. The highest BCUT2D eigenvalue weighted by molar-refractivity contribution is 4.66. The summed E-state index contributed by atoms with van der Waals surface area (Å²) >= 11 is 0. The molecule has 3 nitrogen and oxygen atoms in total. The number of hydrogen-bond acceptors (Lipinski definition) is 3. The minimum Gasteiger partial charge on any atom is -0.395 e. The second-order valence-corrected chi connectivity index (χ2v) is 3.54. The van der Waals surface area contributed by atoms with Crippen molar-refractivity contribution in [2.24, 2.45) is 5.92 Å². The highest BCUT2D eigenvalue weighted by Gasteiger charge is 2.14. The number of hydrogen-bond donors (Lipinski definition) is 1. The van der Waals surface area contributed by atoms with Crippen molar-refractivity contribution >= 4 is 0 Å². The van der Waals surface area contributed by atoms with Crippen LogP contribution in [0.2, 0.25) is 0 Å². The Morgan fingerprint density at radius 1 is 1.42 bits per heavy atom. The molecular formula is C9H19NO2. The summed E-state index contributed by atoms with van der Waals surface area (Å²) in [5.41, 5.74) is 0. The van der Waals surface area contributed by atoms with Crippen LogP contribution in [0.4, 0.5) is 0 Å². The quantitative estimate of drug-likeness (QED) is 0.665. The van der Waals surface area contributed by atoms with Crippen molar-refractivity contribution in [3.8, 4) is 0 Å². The Kier molecular flexibility index (Phi) is 4.58. The molecule has 0 aliphatic carbocycles. The Hall–Kier alpha value is -0.120. The molecule has 0 aromatic heterocycles. The lowest BCUT2D eigenvalue weighted by atomic mass is 10.00. The van der Waals surface area contributed by atoms with Gasteiger partial charge in [-0.1, -0.05) is 0 Å². The average molecular weight is 173 g/mol. The molecule has 0 atom stereocenters. The summed E-state index contributed by atoms with van der Waals surface area (Å²) in [5, 5.41) is 8.70. The summed E-state index contributed by atoms with van der Waals surface area (Å²) in [6.45, 7) is 3.98. The number of nitrogens with zero attached hydrogens (tertiary/aromatic N) is 1. The largest absolute Gasteiger partial charge is 0.395 e. The lowest BCUT2D eigenvalue weighted by Gasteiger charge is -2.26. The number of aliphatic hydroxyl groups excluding tert-OH is 1. The maximum atomic E-state index is 8.70. The second kappa shape index (κ2) is 5.51. The first-order valence-corrected chi connectivity index (χ1v) is 4.70. The number of likely N-dealkylation sites (N-methyl/N-ethyl adjacent to an activating group) is 1. The van der Waals surface area contributed by atoms with E-state index in [0.717, 1.165) is 32.2 Å². The highest BCUT2D eigenvalue weighted by Crippen LogP contribution is 2.14. The summed E-state index contributed by atoms with van der Waals surface area (Å²) in [5.74, 6) is 0.773. The standard InChI is InChI=1S/C9H19NO2/c1-10(4-5-11)8-9-2-6-12-7-3-9/h9,11H,2-8H2,1H3. The van der Waals surface area contributed by atoms with E-state index in [4.69, 9.17) is 9.84 Å². The van der Waals surface area contributed by atoms with E-state index in [1.165, 1.54) is 12.8 Å². The van der Waals surface area contributed by atoms with Gasteiger partial charge in [0.2, 0.25) is 0 Å². The van der Waals surface area contributed by atoms with Crippen LogP contribution in [0.5, 0.6) is 0 Å². The van der Waals surface area contributed by atoms with Gasteiger partial charge in [0.1, 0.15) is 0 Å². The third-order valence-corrected chi connectivity index (χ3v) is 2.39. The maximum absolute atomic E-state index is 8.70. The Bertz CT molecular complexity index is 113. The van der Waals surface area contributed by atoms with Crippen molar-refractivity contribution in [2.75, 3.05) is 40.0 Å².